The zero-order valence-electron chi connectivity index (χ0n) is 14.0. The number of fused-ring (bicyclic) bond motifs is 1. The first-order valence-corrected chi connectivity index (χ1v) is 7.68. The highest BCUT2D eigenvalue weighted by Gasteiger charge is 2.50. The van der Waals surface area contributed by atoms with Crippen LogP contribution in [0.2, 0.25) is 0 Å². The van der Waals surface area contributed by atoms with E-state index < -0.39 is 35.8 Å². The number of nitrogens with zero attached hydrogens (tertiary/aromatic N) is 3. The Morgan fingerprint density at radius 3 is 2.76 bits per heavy atom. The van der Waals surface area contributed by atoms with Crippen molar-refractivity contribution in [3.8, 4) is 0 Å². The molecule has 11 heteroatoms. The summed E-state index contributed by atoms with van der Waals surface area (Å²) in [6, 6.07) is -1.55. The normalized spacial score (nSPS) is 16.5. The van der Waals surface area contributed by atoms with Crippen LogP contribution in [0.15, 0.2) is 11.1 Å². The molecule has 0 saturated carbocycles. The Morgan fingerprint density at radius 2 is 2.24 bits per heavy atom. The Bertz CT molecular complexity index is 818. The number of hydrogen-bond acceptors (Lipinski definition) is 8. The van der Waals surface area contributed by atoms with Gasteiger partial charge in [0.1, 0.15) is 11.6 Å². The smallest absolute Gasteiger partial charge is 0.323 e. The summed E-state index contributed by atoms with van der Waals surface area (Å²) >= 11 is 0. The fourth-order valence-electron chi connectivity index (χ4n) is 3.06. The molecule has 7 N–H and O–H groups in total. The summed E-state index contributed by atoms with van der Waals surface area (Å²) in [6.07, 6.45) is 1.51. The lowest BCUT2D eigenvalue weighted by atomic mass is 9.82. The number of carbonyl (C=O) groups is 1. The number of aromatic amines is 1. The molecule has 0 radical (unpaired) electrons. The molecule has 0 bridgehead atoms. The molecule has 11 nitrogen and oxygen atoms in total. The number of methoxy groups -OCH3 is 1. The summed E-state index contributed by atoms with van der Waals surface area (Å²) in [6.45, 7) is 1.21. The number of nitrogens with one attached hydrogen (secondary N) is 1. The van der Waals surface area contributed by atoms with Crippen molar-refractivity contribution in [2.45, 2.75) is 37.5 Å². The zero-order valence-corrected chi connectivity index (χ0v) is 14.0. The molecule has 2 rings (SSSR count). The van der Waals surface area contributed by atoms with Gasteiger partial charge in [-0.15, -0.1) is 0 Å². The number of hydrogen-bond donors (Lipinski definition) is 5. The van der Waals surface area contributed by atoms with Gasteiger partial charge >= 0.3 is 5.97 Å². The third-order valence-corrected chi connectivity index (χ3v) is 4.32. The lowest BCUT2D eigenvalue weighted by Gasteiger charge is -2.42. The first kappa shape index (κ1) is 18.8. The third-order valence-electron chi connectivity index (χ3n) is 4.32. The van der Waals surface area contributed by atoms with E-state index in [0.717, 1.165) is 0 Å². The van der Waals surface area contributed by atoms with Crippen LogP contribution in [0.25, 0.3) is 11.2 Å². The number of aromatic nitrogens is 4. The fourth-order valence-corrected chi connectivity index (χ4v) is 3.06. The van der Waals surface area contributed by atoms with E-state index in [1.165, 1.54) is 18.0 Å². The number of carboxylic acid groups (broad SMARTS) is 1. The second-order valence-electron chi connectivity index (χ2n) is 5.72. The molecule has 0 aliphatic heterocycles. The Kier molecular flexibility index (Phi) is 5.40. The highest BCUT2D eigenvalue weighted by atomic mass is 16.5. The van der Waals surface area contributed by atoms with Crippen LogP contribution in [0, 0.1) is 0 Å². The van der Waals surface area contributed by atoms with Crippen molar-refractivity contribution in [1.29, 1.82) is 0 Å². The Hall–Kier alpha value is -2.50. The van der Waals surface area contributed by atoms with Gasteiger partial charge in [-0.05, 0) is 6.42 Å². The first-order valence-electron chi connectivity index (χ1n) is 7.68. The maximum Gasteiger partial charge on any atom is 0.323 e. The first-order chi connectivity index (χ1) is 11.8. The number of aliphatic hydroxyl groups is 1. The van der Waals surface area contributed by atoms with E-state index >= 15 is 0 Å². The standard InChI is InChI=1S/C14H22N6O5/c1-3-4-7(25-2)14(5-21,9(15)12(23)24)20-6-17-8-10(20)18-13(16)19-11(8)22/h6-7,9,21H,3-5,15H2,1-2H3,(H,23,24)(H3,16,18,19,22)/t7?,9-,14?/m1/s1. The minimum absolute atomic E-state index is 0.0187. The van der Waals surface area contributed by atoms with Crippen molar-refractivity contribution >= 4 is 23.1 Å². The molecule has 0 aliphatic carbocycles. The number of anilines is 1. The van der Waals surface area contributed by atoms with Gasteiger partial charge < -0.3 is 31.0 Å². The summed E-state index contributed by atoms with van der Waals surface area (Å²) in [5.74, 6) is -1.51. The molecular weight excluding hydrogens is 332 g/mol. The maximum atomic E-state index is 12.0. The van der Waals surface area contributed by atoms with Crippen molar-refractivity contribution in [2.75, 3.05) is 19.5 Å². The van der Waals surface area contributed by atoms with Gasteiger partial charge in [-0.2, -0.15) is 4.98 Å². The molecule has 0 amide bonds. The third kappa shape index (κ3) is 2.97. The summed E-state index contributed by atoms with van der Waals surface area (Å²) in [7, 11) is 1.40. The molecule has 0 aromatic carbocycles. The largest absolute Gasteiger partial charge is 0.480 e. The molecule has 138 valence electrons. The topological polar surface area (TPSA) is 182 Å². The number of nitrogen functional groups attached to an aromatic ring is 1. The number of carboxylic acids is 1. The maximum absolute atomic E-state index is 12.0. The van der Waals surface area contributed by atoms with Crippen LogP contribution in [-0.2, 0) is 15.1 Å². The molecule has 2 aromatic heterocycles. The van der Waals surface area contributed by atoms with E-state index in [9.17, 15) is 19.8 Å². The van der Waals surface area contributed by atoms with Crippen LogP contribution >= 0.6 is 0 Å². The number of imidazole rings is 1. The summed E-state index contributed by atoms with van der Waals surface area (Å²) < 4.78 is 6.73. The molecule has 2 aromatic rings. The number of rotatable bonds is 8. The predicted molar refractivity (Wildman–Crippen MR) is 88.9 cm³/mol. The second-order valence-corrected chi connectivity index (χ2v) is 5.72. The van der Waals surface area contributed by atoms with Crippen LogP contribution < -0.4 is 17.0 Å². The number of ether oxygens (including phenoxy) is 1. The molecule has 2 unspecified atom stereocenters. The lowest BCUT2D eigenvalue weighted by Crippen LogP contribution is -2.63. The van der Waals surface area contributed by atoms with Crippen LogP contribution in [0.5, 0.6) is 0 Å². The molecule has 0 fully saturated rings. The highest BCUT2D eigenvalue weighted by Crippen LogP contribution is 2.32. The van der Waals surface area contributed by atoms with Crippen LogP contribution in [0.3, 0.4) is 0 Å². The number of H-pyrrole nitrogens is 1. The molecule has 2 heterocycles. The van der Waals surface area contributed by atoms with Crippen LogP contribution in [0.4, 0.5) is 5.95 Å². The monoisotopic (exact) mass is 354 g/mol. The van der Waals surface area contributed by atoms with Crippen molar-refractivity contribution < 1.29 is 19.7 Å². The van der Waals surface area contributed by atoms with Gasteiger partial charge in [-0.3, -0.25) is 14.6 Å². The number of aliphatic hydroxyl groups excluding tert-OH is 1. The van der Waals surface area contributed by atoms with E-state index in [1.807, 2.05) is 6.92 Å². The summed E-state index contributed by atoms with van der Waals surface area (Å²) in [5, 5.41) is 19.7. The van der Waals surface area contributed by atoms with Gasteiger partial charge in [-0.1, -0.05) is 13.3 Å². The number of aliphatic carboxylic acids is 1. The van der Waals surface area contributed by atoms with Crippen LogP contribution in [0.1, 0.15) is 19.8 Å². The average Bonchev–Trinajstić information content (AvgIpc) is 2.99. The van der Waals surface area contributed by atoms with Crippen molar-refractivity contribution in [3.05, 3.63) is 16.7 Å². The molecule has 0 saturated heterocycles. The van der Waals surface area contributed by atoms with Gasteiger partial charge in [0.2, 0.25) is 5.95 Å². The van der Waals surface area contributed by atoms with E-state index in [-0.39, 0.29) is 17.1 Å². The van der Waals surface area contributed by atoms with Gasteiger partial charge in [0.05, 0.1) is 19.0 Å². The van der Waals surface area contributed by atoms with E-state index in [4.69, 9.17) is 16.2 Å². The Balaban J connectivity index is 2.84. The van der Waals surface area contributed by atoms with E-state index in [0.29, 0.717) is 12.8 Å². The van der Waals surface area contributed by atoms with Crippen molar-refractivity contribution in [2.24, 2.45) is 5.73 Å². The zero-order chi connectivity index (χ0) is 18.8. The van der Waals surface area contributed by atoms with Gasteiger partial charge in [-0.25, -0.2) is 4.98 Å². The molecular formula is C14H22N6O5. The van der Waals surface area contributed by atoms with Crippen LogP contribution in [-0.4, -0.2) is 61.6 Å². The molecule has 3 atom stereocenters. The summed E-state index contributed by atoms with van der Waals surface area (Å²) in [5.41, 5.74) is 9.29. The second kappa shape index (κ2) is 7.17. The summed E-state index contributed by atoms with van der Waals surface area (Å²) in [4.78, 5) is 34.0. The minimum Gasteiger partial charge on any atom is -0.480 e. The Labute approximate surface area is 142 Å². The predicted octanol–water partition coefficient (Wildman–Crippen LogP) is -1.38. The van der Waals surface area contributed by atoms with E-state index in [1.54, 1.807) is 0 Å². The SMILES string of the molecule is CCCC(OC)C(CO)([C@H](N)C(=O)O)n1cnc2c(=O)[nH]c(N)nc21. The lowest BCUT2D eigenvalue weighted by molar-refractivity contribution is -0.147. The molecule has 0 spiro atoms. The van der Waals surface area contributed by atoms with E-state index in [2.05, 4.69) is 15.0 Å². The Morgan fingerprint density at radius 1 is 1.56 bits per heavy atom. The molecule has 0 aliphatic rings. The van der Waals surface area contributed by atoms with Gasteiger partial charge in [0.25, 0.3) is 5.56 Å². The van der Waals surface area contributed by atoms with Crippen molar-refractivity contribution in [3.63, 3.8) is 0 Å². The fraction of sp³-hybridized carbons (Fsp3) is 0.571. The molecule has 25 heavy (non-hydrogen) atoms. The average molecular weight is 354 g/mol. The van der Waals surface area contributed by atoms with Gasteiger partial charge in [0, 0.05) is 7.11 Å². The number of nitrogens with two attached hydrogens (primary N) is 2. The van der Waals surface area contributed by atoms with Crippen molar-refractivity contribution in [1.82, 2.24) is 19.5 Å². The minimum atomic E-state index is -1.63. The highest BCUT2D eigenvalue weighted by molar-refractivity contribution is 5.77. The quantitative estimate of drug-likeness (QED) is 0.381. The van der Waals surface area contributed by atoms with Gasteiger partial charge in [0.15, 0.2) is 11.2 Å².